The number of nitrogens with zero attached hydrogens (tertiary/aromatic N) is 3. The number of nitrogens with one attached hydrogen (secondary N) is 2. The van der Waals surface area contributed by atoms with Gasteiger partial charge in [-0.3, -0.25) is 0 Å². The van der Waals surface area contributed by atoms with Crippen LogP contribution in [0.2, 0.25) is 0 Å². The van der Waals surface area contributed by atoms with Crippen LogP contribution in [-0.4, -0.2) is 35.7 Å². The Kier molecular flexibility index (Phi) is 5.22. The van der Waals surface area contributed by atoms with Gasteiger partial charge < -0.3 is 20.1 Å². The second kappa shape index (κ2) is 6.81. The molecule has 0 bridgehead atoms. The van der Waals surface area contributed by atoms with E-state index in [-0.39, 0.29) is 12.1 Å². The maximum atomic E-state index is 12.2. The van der Waals surface area contributed by atoms with Gasteiger partial charge in [0.2, 0.25) is 5.95 Å². The zero-order valence-electron chi connectivity index (χ0n) is 15.3. The van der Waals surface area contributed by atoms with E-state index in [1.54, 1.807) is 6.20 Å². The third kappa shape index (κ3) is 4.39. The summed E-state index contributed by atoms with van der Waals surface area (Å²) in [4.78, 5) is 18.5. The molecule has 2 atom stereocenters. The topological polar surface area (TPSA) is 62.2 Å². The monoisotopic (exact) mass is 321 g/mol. The average Bonchev–Trinajstić information content (AvgIpc) is 2.80. The molecule has 2 N–H and O–H groups in total. The Morgan fingerprint density at radius 2 is 2.17 bits per heavy atom. The molecule has 1 aliphatic carbocycles. The Morgan fingerprint density at radius 1 is 1.48 bits per heavy atom. The minimum Gasteiger partial charge on any atom is -0.348 e. The molecule has 6 nitrogen and oxygen atoms in total. The molecule has 23 heavy (non-hydrogen) atoms. The van der Waals surface area contributed by atoms with E-state index in [1.165, 1.54) is 0 Å². The highest BCUT2D eigenvalue weighted by Crippen LogP contribution is 2.38. The van der Waals surface area contributed by atoms with Gasteiger partial charge in [0.05, 0.1) is 18.4 Å². The van der Waals surface area contributed by atoms with Gasteiger partial charge in [-0.05, 0) is 30.6 Å². The van der Waals surface area contributed by atoms with Gasteiger partial charge in [-0.2, -0.15) is 0 Å². The molecule has 0 saturated heterocycles. The number of hydrogen-bond donors (Lipinski definition) is 2. The summed E-state index contributed by atoms with van der Waals surface area (Å²) in [6.45, 7) is 7.33. The summed E-state index contributed by atoms with van der Waals surface area (Å²) in [5.74, 6) is 1.40. The van der Waals surface area contributed by atoms with Crippen molar-refractivity contribution in [2.75, 3.05) is 19.0 Å². The fourth-order valence-electron chi connectivity index (χ4n) is 3.56. The quantitative estimate of drug-likeness (QED) is 0.895. The summed E-state index contributed by atoms with van der Waals surface area (Å²) in [5.41, 5.74) is 1.38. The Bertz CT molecular complexity index is 549. The number of carbonyl (C=O) groups excluding carboxylic acids is 1. The third-order valence-corrected chi connectivity index (χ3v) is 4.90. The van der Waals surface area contributed by atoms with Crippen molar-refractivity contribution in [2.45, 2.75) is 52.6 Å². The third-order valence-electron chi connectivity index (χ3n) is 4.90. The Morgan fingerprint density at radius 3 is 2.74 bits per heavy atom. The number of rotatable bonds is 4. The van der Waals surface area contributed by atoms with Crippen molar-refractivity contribution in [3.05, 3.63) is 11.9 Å². The van der Waals surface area contributed by atoms with Gasteiger partial charge in [-0.25, -0.2) is 9.78 Å². The molecule has 1 heterocycles. The molecule has 1 aromatic rings. The second-order valence-corrected chi connectivity index (χ2v) is 7.82. The predicted octanol–water partition coefficient (Wildman–Crippen LogP) is 2.50. The normalized spacial score (nSPS) is 23.4. The maximum absolute atomic E-state index is 12.2. The minimum absolute atomic E-state index is 0.0887. The van der Waals surface area contributed by atoms with Gasteiger partial charge in [0.25, 0.3) is 0 Å². The van der Waals surface area contributed by atoms with E-state index >= 15 is 0 Å². The summed E-state index contributed by atoms with van der Waals surface area (Å²) >= 11 is 0. The molecule has 0 radical (unpaired) electrons. The molecule has 130 valence electrons. The molecule has 0 aliphatic heterocycles. The van der Waals surface area contributed by atoms with Crippen molar-refractivity contribution in [2.24, 2.45) is 18.4 Å². The number of carbonyl (C=O) groups is 1. The van der Waals surface area contributed by atoms with Gasteiger partial charge in [0, 0.05) is 27.2 Å². The molecule has 0 spiro atoms. The Labute approximate surface area is 139 Å². The average molecular weight is 321 g/mol. The molecule has 2 rings (SSSR count). The first-order chi connectivity index (χ1) is 10.7. The number of hydrogen-bond acceptors (Lipinski definition) is 3. The van der Waals surface area contributed by atoms with Gasteiger partial charge >= 0.3 is 6.03 Å². The Hall–Kier alpha value is -1.72. The number of urea groups is 1. The molecule has 1 saturated carbocycles. The molecule has 0 unspecified atom stereocenters. The van der Waals surface area contributed by atoms with E-state index in [9.17, 15) is 4.79 Å². The van der Waals surface area contributed by atoms with Crippen LogP contribution in [0.5, 0.6) is 0 Å². The first-order valence-electron chi connectivity index (χ1n) is 8.42. The number of aromatic nitrogens is 2. The summed E-state index contributed by atoms with van der Waals surface area (Å²) in [5, 5.41) is 6.09. The van der Waals surface area contributed by atoms with E-state index in [0.717, 1.165) is 30.9 Å². The van der Waals surface area contributed by atoms with Gasteiger partial charge in [0.15, 0.2) is 0 Å². The molecule has 6 heteroatoms. The van der Waals surface area contributed by atoms with Crippen molar-refractivity contribution >= 4 is 12.0 Å². The molecule has 1 fully saturated rings. The highest BCUT2D eigenvalue weighted by Gasteiger charge is 2.32. The fourth-order valence-corrected chi connectivity index (χ4v) is 3.56. The van der Waals surface area contributed by atoms with Crippen LogP contribution in [0.15, 0.2) is 6.20 Å². The number of amides is 2. The van der Waals surface area contributed by atoms with Crippen molar-refractivity contribution in [3.8, 4) is 0 Å². The van der Waals surface area contributed by atoms with Gasteiger partial charge in [-0.15, -0.1) is 0 Å². The van der Waals surface area contributed by atoms with Crippen LogP contribution in [0.4, 0.5) is 10.7 Å². The second-order valence-electron chi connectivity index (χ2n) is 7.82. The molecule has 0 aromatic carbocycles. The first-order valence-corrected chi connectivity index (χ1v) is 8.42. The smallest absolute Gasteiger partial charge is 0.315 e. The number of anilines is 1. The van der Waals surface area contributed by atoms with Crippen molar-refractivity contribution in [1.29, 1.82) is 0 Å². The van der Waals surface area contributed by atoms with E-state index in [4.69, 9.17) is 0 Å². The Balaban J connectivity index is 1.84. The molecule has 2 amide bonds. The van der Waals surface area contributed by atoms with E-state index < -0.39 is 0 Å². The zero-order valence-corrected chi connectivity index (χ0v) is 15.3. The molecular formula is C17H31N5O. The molecule has 1 aliphatic rings. The van der Waals surface area contributed by atoms with Crippen LogP contribution >= 0.6 is 0 Å². The van der Waals surface area contributed by atoms with Crippen LogP contribution < -0.4 is 15.5 Å². The predicted molar refractivity (Wildman–Crippen MR) is 93.5 cm³/mol. The standard InChI is InChI=1S/C17H31N5O/c1-12-9-17(2,3)8-7-14(12)20-15(23)18-10-13-11-19-16(21(4)5)22(13)6/h11-12,14H,7-10H2,1-6H3,(H2,18,20,23)/t12-,14-/m1/s1. The van der Waals surface area contributed by atoms with E-state index in [2.05, 4.69) is 36.4 Å². The summed E-state index contributed by atoms with van der Waals surface area (Å²) < 4.78 is 1.99. The van der Waals surface area contributed by atoms with E-state index in [1.807, 2.05) is 30.6 Å². The summed E-state index contributed by atoms with van der Waals surface area (Å²) in [7, 11) is 5.87. The van der Waals surface area contributed by atoms with E-state index in [0.29, 0.717) is 17.9 Å². The SMILES string of the molecule is C[C@@H]1CC(C)(C)CC[C@H]1NC(=O)NCc1cnc(N(C)C)n1C. The van der Waals surface area contributed by atoms with Crippen LogP contribution in [-0.2, 0) is 13.6 Å². The lowest BCUT2D eigenvalue weighted by atomic mass is 9.70. The van der Waals surface area contributed by atoms with Gasteiger partial charge in [0.1, 0.15) is 0 Å². The fraction of sp³-hybridized carbons (Fsp3) is 0.765. The molecule has 1 aromatic heterocycles. The summed E-state index contributed by atoms with van der Waals surface area (Å²) in [6.07, 6.45) is 5.18. The zero-order chi connectivity index (χ0) is 17.2. The van der Waals surface area contributed by atoms with Crippen LogP contribution in [0.1, 0.15) is 45.7 Å². The van der Waals surface area contributed by atoms with Crippen molar-refractivity contribution < 1.29 is 4.79 Å². The maximum Gasteiger partial charge on any atom is 0.315 e. The lowest BCUT2D eigenvalue weighted by Gasteiger charge is -2.39. The van der Waals surface area contributed by atoms with Crippen molar-refractivity contribution in [1.82, 2.24) is 20.2 Å². The van der Waals surface area contributed by atoms with Crippen LogP contribution in [0, 0.1) is 11.3 Å². The van der Waals surface area contributed by atoms with Crippen LogP contribution in [0.3, 0.4) is 0 Å². The first kappa shape index (κ1) is 17.6. The highest BCUT2D eigenvalue weighted by atomic mass is 16.2. The van der Waals surface area contributed by atoms with Gasteiger partial charge in [-0.1, -0.05) is 20.8 Å². The summed E-state index contributed by atoms with van der Waals surface area (Å²) in [6, 6.07) is 0.182. The lowest BCUT2D eigenvalue weighted by Crippen LogP contribution is -2.48. The molecular weight excluding hydrogens is 290 g/mol. The number of imidazole rings is 1. The largest absolute Gasteiger partial charge is 0.348 e. The highest BCUT2D eigenvalue weighted by molar-refractivity contribution is 5.74. The van der Waals surface area contributed by atoms with Crippen LogP contribution in [0.25, 0.3) is 0 Å². The minimum atomic E-state index is -0.0887. The van der Waals surface area contributed by atoms with Crippen molar-refractivity contribution in [3.63, 3.8) is 0 Å². The lowest BCUT2D eigenvalue weighted by molar-refractivity contribution is 0.149.